The molecule has 0 radical (unpaired) electrons. The molecule has 0 aromatic rings. The van der Waals surface area contributed by atoms with Gasteiger partial charge in [0.25, 0.3) is 0 Å². The van der Waals surface area contributed by atoms with Crippen molar-refractivity contribution in [1.82, 2.24) is 0 Å². The monoisotopic (exact) mass is 238 g/mol. The Morgan fingerprint density at radius 2 is 1.94 bits per heavy atom. The molecule has 4 unspecified atom stereocenters. The van der Waals surface area contributed by atoms with Gasteiger partial charge >= 0.3 is 0 Å². The Labute approximate surface area is 101 Å². The fourth-order valence-electron chi connectivity index (χ4n) is 3.33. The first-order valence-corrected chi connectivity index (χ1v) is 9.21. The third-order valence-corrected chi connectivity index (χ3v) is 10.5. The lowest BCUT2D eigenvalue weighted by molar-refractivity contribution is 0.344. The van der Waals surface area contributed by atoms with Crippen molar-refractivity contribution in [2.24, 2.45) is 17.8 Å². The summed E-state index contributed by atoms with van der Waals surface area (Å²) >= 11 is 0. The second-order valence-electron chi connectivity index (χ2n) is 6.93. The third kappa shape index (κ3) is 2.02. The number of hydrogen-bond acceptors (Lipinski definition) is 1. The van der Waals surface area contributed by atoms with Gasteiger partial charge in [0.2, 0.25) is 0 Å². The predicted octanol–water partition coefficient (Wildman–Crippen LogP) is 4.22. The molecule has 0 heterocycles. The van der Waals surface area contributed by atoms with E-state index in [1.165, 1.54) is 18.9 Å². The number of rotatable bonds is 3. The average Bonchev–Trinajstić information content (AvgIpc) is 2.77. The van der Waals surface area contributed by atoms with E-state index >= 15 is 0 Å². The van der Waals surface area contributed by atoms with Crippen LogP contribution in [0.4, 0.5) is 0 Å². The fourth-order valence-corrected chi connectivity index (χ4v) is 6.19. The standard InChI is InChI=1S/C14H26OSi/c1-14(2,3)16(5,15-4)10-13-9-11-6-7-12(13)8-11/h6-7,11-13H,8-10H2,1-5H3. The van der Waals surface area contributed by atoms with Crippen molar-refractivity contribution >= 4 is 8.32 Å². The molecule has 0 saturated heterocycles. The molecule has 0 amide bonds. The van der Waals surface area contributed by atoms with Gasteiger partial charge < -0.3 is 4.43 Å². The summed E-state index contributed by atoms with van der Waals surface area (Å²) < 4.78 is 5.99. The van der Waals surface area contributed by atoms with Crippen LogP contribution < -0.4 is 0 Å². The molecular weight excluding hydrogens is 212 g/mol. The van der Waals surface area contributed by atoms with E-state index in [1.54, 1.807) is 0 Å². The second kappa shape index (κ2) is 3.99. The Bertz CT molecular complexity index is 292. The summed E-state index contributed by atoms with van der Waals surface area (Å²) in [5, 5.41) is 0.354. The van der Waals surface area contributed by atoms with Crippen LogP contribution in [-0.2, 0) is 4.43 Å². The van der Waals surface area contributed by atoms with E-state index in [1.807, 2.05) is 7.11 Å². The topological polar surface area (TPSA) is 9.23 Å². The summed E-state index contributed by atoms with van der Waals surface area (Å²) in [5.74, 6) is 2.67. The Kier molecular flexibility index (Phi) is 3.08. The summed E-state index contributed by atoms with van der Waals surface area (Å²) in [6, 6.07) is 1.35. The van der Waals surface area contributed by atoms with Gasteiger partial charge in [-0.1, -0.05) is 32.9 Å². The quantitative estimate of drug-likeness (QED) is 0.528. The molecular formula is C14H26OSi. The lowest BCUT2D eigenvalue weighted by Gasteiger charge is -2.41. The summed E-state index contributed by atoms with van der Waals surface area (Å²) in [6.07, 6.45) is 7.74. The maximum atomic E-state index is 5.99. The van der Waals surface area contributed by atoms with E-state index < -0.39 is 8.32 Å². The van der Waals surface area contributed by atoms with Crippen LogP contribution in [0.25, 0.3) is 0 Å². The molecule has 0 aromatic heterocycles. The van der Waals surface area contributed by atoms with E-state index in [-0.39, 0.29) is 0 Å². The number of allylic oxidation sites excluding steroid dienone is 2. The van der Waals surface area contributed by atoms with Crippen LogP contribution in [0.15, 0.2) is 12.2 Å². The molecule has 0 aliphatic heterocycles. The van der Waals surface area contributed by atoms with Gasteiger partial charge in [-0.3, -0.25) is 0 Å². The van der Waals surface area contributed by atoms with Crippen molar-refractivity contribution in [3.05, 3.63) is 12.2 Å². The SMILES string of the molecule is CO[Si](C)(CC1CC2C=CC1C2)C(C)(C)C. The molecule has 1 nitrogen and oxygen atoms in total. The van der Waals surface area contributed by atoms with Crippen LogP contribution in [0.1, 0.15) is 33.6 Å². The minimum Gasteiger partial charge on any atom is -0.420 e. The molecule has 2 heteroatoms. The fraction of sp³-hybridized carbons (Fsp3) is 0.857. The van der Waals surface area contributed by atoms with E-state index in [2.05, 4.69) is 39.5 Å². The summed E-state index contributed by atoms with van der Waals surface area (Å²) in [5.41, 5.74) is 0. The highest BCUT2D eigenvalue weighted by molar-refractivity contribution is 6.75. The van der Waals surface area contributed by atoms with E-state index in [0.717, 1.165) is 17.8 Å². The molecule has 1 fully saturated rings. The Morgan fingerprint density at radius 1 is 1.25 bits per heavy atom. The van der Waals surface area contributed by atoms with Crippen LogP contribution in [0.5, 0.6) is 0 Å². The second-order valence-corrected chi connectivity index (χ2v) is 11.7. The van der Waals surface area contributed by atoms with Gasteiger partial charge in [0, 0.05) is 7.11 Å². The molecule has 2 aliphatic carbocycles. The summed E-state index contributed by atoms with van der Waals surface area (Å²) in [6.45, 7) is 9.48. The number of hydrogen-bond donors (Lipinski definition) is 0. The van der Waals surface area contributed by atoms with Gasteiger partial charge in [0.1, 0.15) is 0 Å². The van der Waals surface area contributed by atoms with Crippen LogP contribution >= 0.6 is 0 Å². The highest BCUT2D eigenvalue weighted by atomic mass is 28.4. The normalized spacial score (nSPS) is 36.7. The molecule has 4 atom stereocenters. The van der Waals surface area contributed by atoms with Crippen LogP contribution in [0.3, 0.4) is 0 Å². The predicted molar refractivity (Wildman–Crippen MR) is 72.0 cm³/mol. The smallest absolute Gasteiger partial charge is 0.194 e. The van der Waals surface area contributed by atoms with Crippen molar-refractivity contribution in [2.45, 2.75) is 51.2 Å². The zero-order valence-corrected chi connectivity index (χ0v) is 12.4. The molecule has 0 aromatic carbocycles. The molecule has 92 valence electrons. The van der Waals surface area contributed by atoms with Crippen molar-refractivity contribution in [3.63, 3.8) is 0 Å². The zero-order chi connectivity index (χ0) is 12.0. The number of fused-ring (bicyclic) bond motifs is 2. The summed E-state index contributed by atoms with van der Waals surface area (Å²) in [4.78, 5) is 0. The molecule has 0 N–H and O–H groups in total. The van der Waals surface area contributed by atoms with Gasteiger partial charge in [-0.15, -0.1) is 0 Å². The third-order valence-electron chi connectivity index (χ3n) is 5.11. The molecule has 2 bridgehead atoms. The maximum absolute atomic E-state index is 5.99. The van der Waals surface area contributed by atoms with Gasteiger partial charge in [-0.25, -0.2) is 0 Å². The molecule has 0 spiro atoms. The van der Waals surface area contributed by atoms with E-state index in [4.69, 9.17) is 4.43 Å². The lowest BCUT2D eigenvalue weighted by atomic mass is 9.96. The Hall–Kier alpha value is -0.0831. The Morgan fingerprint density at radius 3 is 2.31 bits per heavy atom. The maximum Gasteiger partial charge on any atom is 0.194 e. The van der Waals surface area contributed by atoms with Crippen LogP contribution in [0.2, 0.25) is 17.6 Å². The first-order chi connectivity index (χ1) is 7.36. The minimum atomic E-state index is -1.56. The van der Waals surface area contributed by atoms with E-state index in [9.17, 15) is 0 Å². The zero-order valence-electron chi connectivity index (χ0n) is 11.4. The first kappa shape index (κ1) is 12.4. The van der Waals surface area contributed by atoms with Crippen LogP contribution in [-0.4, -0.2) is 15.4 Å². The van der Waals surface area contributed by atoms with Gasteiger partial charge in [-0.2, -0.15) is 0 Å². The highest BCUT2D eigenvalue weighted by Crippen LogP contribution is 2.50. The Balaban J connectivity index is 2.05. The van der Waals surface area contributed by atoms with Gasteiger partial charge in [0.15, 0.2) is 8.32 Å². The molecule has 2 rings (SSSR count). The van der Waals surface area contributed by atoms with Crippen molar-refractivity contribution in [3.8, 4) is 0 Å². The first-order valence-electron chi connectivity index (χ1n) is 6.59. The molecule has 1 saturated carbocycles. The molecule has 16 heavy (non-hydrogen) atoms. The van der Waals surface area contributed by atoms with Crippen LogP contribution in [0, 0.1) is 17.8 Å². The van der Waals surface area contributed by atoms with Gasteiger partial charge in [0.05, 0.1) is 0 Å². The van der Waals surface area contributed by atoms with E-state index in [0.29, 0.717) is 5.04 Å². The largest absolute Gasteiger partial charge is 0.420 e. The van der Waals surface area contributed by atoms with Crippen molar-refractivity contribution in [2.75, 3.05) is 7.11 Å². The van der Waals surface area contributed by atoms with Crippen molar-refractivity contribution in [1.29, 1.82) is 0 Å². The highest BCUT2D eigenvalue weighted by Gasteiger charge is 2.46. The lowest BCUT2D eigenvalue weighted by Crippen LogP contribution is -2.45. The average molecular weight is 238 g/mol. The minimum absolute atomic E-state index is 0.354. The molecule has 2 aliphatic rings. The summed E-state index contributed by atoms with van der Waals surface area (Å²) in [7, 11) is 0.370. The van der Waals surface area contributed by atoms with Crippen molar-refractivity contribution < 1.29 is 4.43 Å². The van der Waals surface area contributed by atoms with Gasteiger partial charge in [-0.05, 0) is 48.2 Å².